The Labute approximate surface area is 179 Å². The SMILES string of the molecule is Cc1[nH]c2ccccc2c1C(=O)C(C)N1CCN(S(=O)(=O)c2ccc(F)c(F)c2)CC1. The number of sulfonamides is 1. The third kappa shape index (κ3) is 3.88. The van der Waals surface area contributed by atoms with Crippen molar-refractivity contribution in [3.05, 3.63) is 65.4 Å². The van der Waals surface area contributed by atoms with Gasteiger partial charge in [0.1, 0.15) is 0 Å². The van der Waals surface area contributed by atoms with Gasteiger partial charge >= 0.3 is 0 Å². The van der Waals surface area contributed by atoms with Crippen molar-refractivity contribution in [3.8, 4) is 0 Å². The van der Waals surface area contributed by atoms with Crippen LogP contribution in [0, 0.1) is 18.6 Å². The minimum absolute atomic E-state index is 0.0214. The number of para-hydroxylation sites is 1. The number of ketones is 1. The van der Waals surface area contributed by atoms with Crippen molar-refractivity contribution in [3.63, 3.8) is 0 Å². The van der Waals surface area contributed by atoms with Crippen molar-refractivity contribution in [2.24, 2.45) is 0 Å². The summed E-state index contributed by atoms with van der Waals surface area (Å²) >= 11 is 0. The lowest BCUT2D eigenvalue weighted by Crippen LogP contribution is -2.53. The molecule has 1 aliphatic rings. The molecule has 1 atom stereocenters. The second-order valence-corrected chi connectivity index (χ2v) is 9.66. The van der Waals surface area contributed by atoms with E-state index in [9.17, 15) is 22.0 Å². The fourth-order valence-corrected chi connectivity index (χ4v) is 5.52. The number of H-pyrrole nitrogens is 1. The number of aryl methyl sites for hydroxylation is 1. The summed E-state index contributed by atoms with van der Waals surface area (Å²) in [5, 5.41) is 0.872. The average Bonchev–Trinajstić information content (AvgIpc) is 3.10. The van der Waals surface area contributed by atoms with Crippen LogP contribution in [-0.4, -0.2) is 60.6 Å². The number of carbonyl (C=O) groups excluding carboxylic acids is 1. The predicted octanol–water partition coefficient (Wildman–Crippen LogP) is 3.33. The molecule has 1 fully saturated rings. The minimum Gasteiger partial charge on any atom is -0.358 e. The third-order valence-corrected chi connectivity index (χ3v) is 7.76. The highest BCUT2D eigenvalue weighted by molar-refractivity contribution is 7.89. The Hall–Kier alpha value is -2.62. The Bertz CT molecular complexity index is 1250. The van der Waals surface area contributed by atoms with Gasteiger partial charge in [0.15, 0.2) is 17.4 Å². The van der Waals surface area contributed by atoms with E-state index in [-0.39, 0.29) is 23.8 Å². The van der Waals surface area contributed by atoms with Gasteiger partial charge in [-0.3, -0.25) is 9.69 Å². The van der Waals surface area contributed by atoms with Crippen LogP contribution >= 0.6 is 0 Å². The molecule has 0 aliphatic carbocycles. The van der Waals surface area contributed by atoms with Crippen molar-refractivity contribution < 1.29 is 22.0 Å². The molecule has 1 saturated heterocycles. The molecule has 1 aromatic heterocycles. The number of piperazine rings is 1. The first kappa shape index (κ1) is 21.6. The largest absolute Gasteiger partial charge is 0.358 e. The Kier molecular flexibility index (Phi) is 5.67. The van der Waals surface area contributed by atoms with Gasteiger partial charge in [0, 0.05) is 48.3 Å². The van der Waals surface area contributed by atoms with Crippen LogP contribution in [0.25, 0.3) is 10.9 Å². The molecule has 6 nitrogen and oxygen atoms in total. The van der Waals surface area contributed by atoms with Crippen LogP contribution in [0.3, 0.4) is 0 Å². The number of benzene rings is 2. The highest BCUT2D eigenvalue weighted by Gasteiger charge is 2.33. The van der Waals surface area contributed by atoms with Gasteiger partial charge in [0.2, 0.25) is 10.0 Å². The first-order valence-corrected chi connectivity index (χ1v) is 11.4. The predicted molar refractivity (Wildman–Crippen MR) is 114 cm³/mol. The van der Waals surface area contributed by atoms with E-state index >= 15 is 0 Å². The summed E-state index contributed by atoms with van der Waals surface area (Å²) in [5.74, 6) is -2.32. The Morgan fingerprint density at radius 1 is 1.03 bits per heavy atom. The monoisotopic (exact) mass is 447 g/mol. The summed E-state index contributed by atoms with van der Waals surface area (Å²) in [5.41, 5.74) is 2.36. The van der Waals surface area contributed by atoms with Crippen LogP contribution in [-0.2, 0) is 10.0 Å². The molecule has 164 valence electrons. The molecule has 1 N–H and O–H groups in total. The summed E-state index contributed by atoms with van der Waals surface area (Å²) in [6, 6.07) is 9.77. The second-order valence-electron chi connectivity index (χ2n) is 7.73. The molecular weight excluding hydrogens is 424 g/mol. The maximum Gasteiger partial charge on any atom is 0.243 e. The van der Waals surface area contributed by atoms with E-state index in [4.69, 9.17) is 0 Å². The molecule has 2 heterocycles. The molecule has 0 radical (unpaired) electrons. The maximum atomic E-state index is 13.5. The van der Waals surface area contributed by atoms with Crippen LogP contribution in [0.5, 0.6) is 0 Å². The van der Waals surface area contributed by atoms with Gasteiger partial charge in [-0.1, -0.05) is 18.2 Å². The Balaban J connectivity index is 1.48. The van der Waals surface area contributed by atoms with Crippen LogP contribution in [0.1, 0.15) is 23.0 Å². The Morgan fingerprint density at radius 2 is 1.71 bits per heavy atom. The lowest BCUT2D eigenvalue weighted by Gasteiger charge is -2.36. The summed E-state index contributed by atoms with van der Waals surface area (Å²) in [7, 11) is -3.94. The highest BCUT2D eigenvalue weighted by Crippen LogP contribution is 2.25. The van der Waals surface area contributed by atoms with Gasteiger partial charge in [-0.2, -0.15) is 4.31 Å². The van der Waals surface area contributed by atoms with Gasteiger partial charge in [0.05, 0.1) is 10.9 Å². The summed E-state index contributed by atoms with van der Waals surface area (Å²) in [6.45, 7) is 4.72. The molecule has 1 unspecified atom stereocenters. The van der Waals surface area contributed by atoms with Crippen molar-refractivity contribution in [1.82, 2.24) is 14.2 Å². The molecule has 0 amide bonds. The van der Waals surface area contributed by atoms with Gasteiger partial charge in [0.25, 0.3) is 0 Å². The fraction of sp³-hybridized carbons (Fsp3) is 0.318. The summed E-state index contributed by atoms with van der Waals surface area (Å²) in [6.07, 6.45) is 0. The number of halogens is 2. The number of aromatic amines is 1. The summed E-state index contributed by atoms with van der Waals surface area (Å²) < 4.78 is 53.5. The van der Waals surface area contributed by atoms with Crippen LogP contribution in [0.4, 0.5) is 8.78 Å². The molecular formula is C22H23F2N3O3S. The molecule has 9 heteroatoms. The molecule has 31 heavy (non-hydrogen) atoms. The maximum absolute atomic E-state index is 13.5. The second kappa shape index (κ2) is 8.14. The minimum atomic E-state index is -3.94. The van der Waals surface area contributed by atoms with E-state index in [2.05, 4.69) is 4.98 Å². The van der Waals surface area contributed by atoms with Crippen molar-refractivity contribution >= 4 is 26.7 Å². The molecule has 0 spiro atoms. The van der Waals surface area contributed by atoms with E-state index in [1.165, 1.54) is 4.31 Å². The quantitative estimate of drug-likeness (QED) is 0.609. The number of rotatable bonds is 5. The van der Waals surface area contributed by atoms with Crippen LogP contribution < -0.4 is 0 Å². The van der Waals surface area contributed by atoms with Crippen molar-refractivity contribution in [2.45, 2.75) is 24.8 Å². The zero-order valence-corrected chi connectivity index (χ0v) is 18.0. The number of fused-ring (bicyclic) bond motifs is 1. The van der Waals surface area contributed by atoms with E-state index in [0.29, 0.717) is 24.7 Å². The van der Waals surface area contributed by atoms with Crippen molar-refractivity contribution in [1.29, 1.82) is 0 Å². The van der Waals surface area contributed by atoms with E-state index < -0.39 is 27.7 Å². The van der Waals surface area contributed by atoms with Crippen molar-refractivity contribution in [2.75, 3.05) is 26.2 Å². The molecule has 1 aliphatic heterocycles. The number of carbonyl (C=O) groups is 1. The smallest absolute Gasteiger partial charge is 0.243 e. The zero-order valence-electron chi connectivity index (χ0n) is 17.2. The molecule has 2 aromatic carbocycles. The fourth-order valence-electron chi connectivity index (χ4n) is 4.09. The topological polar surface area (TPSA) is 73.5 Å². The molecule has 4 rings (SSSR count). The van der Waals surface area contributed by atoms with Crippen LogP contribution in [0.15, 0.2) is 47.4 Å². The van der Waals surface area contributed by atoms with Gasteiger partial charge < -0.3 is 4.98 Å². The van der Waals surface area contributed by atoms with Crippen LogP contribution in [0.2, 0.25) is 0 Å². The lowest BCUT2D eigenvalue weighted by atomic mass is 10.0. The normalized spacial score (nSPS) is 17.2. The number of nitrogens with zero attached hydrogens (tertiary/aromatic N) is 2. The van der Waals surface area contributed by atoms with Gasteiger partial charge in [-0.05, 0) is 38.1 Å². The average molecular weight is 448 g/mol. The van der Waals surface area contributed by atoms with Gasteiger partial charge in [-0.25, -0.2) is 17.2 Å². The van der Waals surface area contributed by atoms with E-state index in [1.807, 2.05) is 43.0 Å². The number of hydrogen-bond acceptors (Lipinski definition) is 4. The lowest BCUT2D eigenvalue weighted by molar-refractivity contribution is 0.0783. The standard InChI is InChI=1S/C22H23F2N3O3S/c1-14-21(17-5-3-4-6-20(17)25-14)22(28)15(2)26-9-11-27(12-10-26)31(29,30)16-7-8-18(23)19(24)13-16/h3-8,13,15,25H,9-12H2,1-2H3. The van der Waals surface area contributed by atoms with Gasteiger partial charge in [-0.15, -0.1) is 0 Å². The molecule has 3 aromatic rings. The number of aromatic nitrogens is 1. The third-order valence-electron chi connectivity index (χ3n) is 5.87. The number of nitrogens with one attached hydrogen (secondary N) is 1. The number of Topliss-reactive ketones (excluding diaryl/α,β-unsaturated/α-hetero) is 1. The first-order valence-electron chi connectivity index (χ1n) is 10.0. The molecule has 0 bridgehead atoms. The Morgan fingerprint density at radius 3 is 2.39 bits per heavy atom. The summed E-state index contributed by atoms with van der Waals surface area (Å²) in [4.78, 5) is 18.1. The highest BCUT2D eigenvalue weighted by atomic mass is 32.2. The first-order chi connectivity index (χ1) is 14.7. The molecule has 0 saturated carbocycles. The van der Waals surface area contributed by atoms with E-state index in [1.54, 1.807) is 0 Å². The number of hydrogen-bond donors (Lipinski definition) is 1. The zero-order chi connectivity index (χ0) is 22.3. The van der Waals surface area contributed by atoms with E-state index in [0.717, 1.165) is 28.7 Å².